The largest absolute Gasteiger partial charge is 0.356 e. The van der Waals surface area contributed by atoms with Crippen molar-refractivity contribution in [2.75, 3.05) is 24.5 Å². The van der Waals surface area contributed by atoms with E-state index in [4.69, 9.17) is 0 Å². The Balaban J connectivity index is 1.37. The fraction of sp³-hybridized carbons (Fsp3) is 0.647. The highest BCUT2D eigenvalue weighted by molar-refractivity contribution is 5.76. The molecule has 3 heterocycles. The molecule has 0 radical (unpaired) electrons. The number of pyridine rings is 1. The average molecular weight is 302 g/mol. The first-order chi connectivity index (χ1) is 10.8. The maximum atomic E-state index is 12.1. The van der Waals surface area contributed by atoms with Crippen molar-refractivity contribution in [1.29, 1.82) is 0 Å². The zero-order valence-electron chi connectivity index (χ0n) is 13.1. The number of carbonyl (C=O) groups is 1. The molecule has 1 unspecified atom stereocenters. The van der Waals surface area contributed by atoms with Crippen molar-refractivity contribution in [2.24, 2.45) is 0 Å². The highest BCUT2D eigenvalue weighted by Gasteiger charge is 2.22. The molecule has 0 bridgehead atoms. The first kappa shape index (κ1) is 15.3. The van der Waals surface area contributed by atoms with Gasteiger partial charge in [-0.1, -0.05) is 6.07 Å². The lowest BCUT2D eigenvalue weighted by molar-refractivity contribution is -0.122. The van der Waals surface area contributed by atoms with E-state index in [9.17, 15) is 4.79 Å². The molecule has 120 valence electrons. The van der Waals surface area contributed by atoms with E-state index < -0.39 is 0 Å². The maximum absolute atomic E-state index is 12.1. The summed E-state index contributed by atoms with van der Waals surface area (Å²) in [5, 5.41) is 6.65. The predicted octanol–water partition coefficient (Wildman–Crippen LogP) is 1.70. The molecule has 5 nitrogen and oxygen atoms in total. The molecule has 1 aromatic heterocycles. The first-order valence-electron chi connectivity index (χ1n) is 8.50. The Hall–Kier alpha value is -1.62. The molecular formula is C17H26N4O. The lowest BCUT2D eigenvalue weighted by Crippen LogP contribution is -2.45. The number of rotatable bonds is 5. The van der Waals surface area contributed by atoms with Crippen LogP contribution in [0.15, 0.2) is 24.4 Å². The van der Waals surface area contributed by atoms with Crippen molar-refractivity contribution in [3.63, 3.8) is 0 Å². The van der Waals surface area contributed by atoms with E-state index >= 15 is 0 Å². The minimum absolute atomic E-state index is 0.213. The standard InChI is InChI=1S/C17H26N4O/c22-17(7-6-14-4-3-11-18-14)20-15-8-12-21(13-9-15)16-5-1-2-10-19-16/h1-2,5,10,14-15,18H,3-4,6-9,11-13H2,(H,20,22). The van der Waals surface area contributed by atoms with Crippen molar-refractivity contribution in [3.8, 4) is 0 Å². The molecule has 0 spiro atoms. The van der Waals surface area contributed by atoms with E-state index in [-0.39, 0.29) is 5.91 Å². The minimum atomic E-state index is 0.213. The minimum Gasteiger partial charge on any atom is -0.356 e. The van der Waals surface area contributed by atoms with Crippen LogP contribution in [0, 0.1) is 0 Å². The molecule has 22 heavy (non-hydrogen) atoms. The fourth-order valence-electron chi connectivity index (χ4n) is 3.40. The topological polar surface area (TPSA) is 57.3 Å². The van der Waals surface area contributed by atoms with Gasteiger partial charge < -0.3 is 15.5 Å². The van der Waals surface area contributed by atoms with Gasteiger partial charge in [0, 0.05) is 37.8 Å². The van der Waals surface area contributed by atoms with Gasteiger partial charge >= 0.3 is 0 Å². The summed E-state index contributed by atoms with van der Waals surface area (Å²) in [6, 6.07) is 6.89. The van der Waals surface area contributed by atoms with E-state index in [1.165, 1.54) is 12.8 Å². The number of piperidine rings is 1. The number of nitrogens with zero attached hydrogens (tertiary/aromatic N) is 2. The highest BCUT2D eigenvalue weighted by atomic mass is 16.1. The van der Waals surface area contributed by atoms with Crippen LogP contribution in [0.4, 0.5) is 5.82 Å². The van der Waals surface area contributed by atoms with Crippen LogP contribution in [0.1, 0.15) is 38.5 Å². The summed E-state index contributed by atoms with van der Waals surface area (Å²) < 4.78 is 0. The normalized spacial score (nSPS) is 22.7. The van der Waals surface area contributed by atoms with Crippen molar-refractivity contribution < 1.29 is 4.79 Å². The average Bonchev–Trinajstić information content (AvgIpc) is 3.08. The van der Waals surface area contributed by atoms with Gasteiger partial charge in [0.2, 0.25) is 5.91 Å². The van der Waals surface area contributed by atoms with Crippen molar-refractivity contribution in [2.45, 2.75) is 50.6 Å². The quantitative estimate of drug-likeness (QED) is 0.869. The molecule has 2 N–H and O–H groups in total. The molecule has 1 amide bonds. The molecular weight excluding hydrogens is 276 g/mol. The molecule has 1 atom stereocenters. The first-order valence-corrected chi connectivity index (χ1v) is 8.50. The molecule has 2 aliphatic rings. The second-order valence-corrected chi connectivity index (χ2v) is 6.35. The molecule has 5 heteroatoms. The third-order valence-electron chi connectivity index (χ3n) is 4.72. The summed E-state index contributed by atoms with van der Waals surface area (Å²) in [4.78, 5) is 18.7. The zero-order valence-corrected chi connectivity index (χ0v) is 13.1. The van der Waals surface area contributed by atoms with Gasteiger partial charge in [-0.2, -0.15) is 0 Å². The lowest BCUT2D eigenvalue weighted by Gasteiger charge is -2.33. The van der Waals surface area contributed by atoms with Crippen LogP contribution in [0.25, 0.3) is 0 Å². The Morgan fingerprint density at radius 3 is 2.86 bits per heavy atom. The van der Waals surface area contributed by atoms with Crippen molar-refractivity contribution >= 4 is 11.7 Å². The summed E-state index contributed by atoms with van der Waals surface area (Å²) in [6.45, 7) is 3.04. The number of carbonyl (C=O) groups excluding carboxylic acids is 1. The van der Waals surface area contributed by atoms with Gasteiger partial charge in [-0.25, -0.2) is 4.98 Å². The Bertz CT molecular complexity index is 465. The van der Waals surface area contributed by atoms with Crippen LogP contribution < -0.4 is 15.5 Å². The van der Waals surface area contributed by atoms with Crippen LogP contribution in [-0.4, -0.2) is 42.6 Å². The van der Waals surface area contributed by atoms with Crippen LogP contribution in [0.5, 0.6) is 0 Å². The van der Waals surface area contributed by atoms with Crippen LogP contribution in [0.2, 0.25) is 0 Å². The van der Waals surface area contributed by atoms with Crippen molar-refractivity contribution in [3.05, 3.63) is 24.4 Å². The monoisotopic (exact) mass is 302 g/mol. The molecule has 2 saturated heterocycles. The second-order valence-electron chi connectivity index (χ2n) is 6.35. The summed E-state index contributed by atoms with van der Waals surface area (Å²) >= 11 is 0. The smallest absolute Gasteiger partial charge is 0.220 e. The Morgan fingerprint density at radius 2 is 2.18 bits per heavy atom. The number of amides is 1. The van der Waals surface area contributed by atoms with E-state index in [0.29, 0.717) is 18.5 Å². The molecule has 0 aliphatic carbocycles. The number of anilines is 1. The molecule has 0 aromatic carbocycles. The number of hydrogen-bond acceptors (Lipinski definition) is 4. The van der Waals surface area contributed by atoms with Crippen molar-refractivity contribution in [1.82, 2.24) is 15.6 Å². The highest BCUT2D eigenvalue weighted by Crippen LogP contribution is 2.17. The zero-order chi connectivity index (χ0) is 15.2. The molecule has 1 aromatic rings. The van der Waals surface area contributed by atoms with Gasteiger partial charge in [-0.15, -0.1) is 0 Å². The van der Waals surface area contributed by atoms with Crippen LogP contribution >= 0.6 is 0 Å². The van der Waals surface area contributed by atoms with E-state index in [2.05, 4.69) is 20.5 Å². The Kier molecular flexibility index (Phi) is 5.27. The van der Waals surface area contributed by atoms with Gasteiger partial charge in [0.05, 0.1) is 0 Å². The SMILES string of the molecule is O=C(CCC1CCCN1)NC1CCN(c2ccccn2)CC1. The third kappa shape index (κ3) is 4.19. The van der Waals surface area contributed by atoms with Gasteiger partial charge in [0.1, 0.15) is 5.82 Å². The molecule has 3 rings (SSSR count). The molecule has 2 aliphatic heterocycles. The van der Waals surface area contributed by atoms with Gasteiger partial charge in [0.25, 0.3) is 0 Å². The van der Waals surface area contributed by atoms with Gasteiger partial charge in [-0.3, -0.25) is 4.79 Å². The summed E-state index contributed by atoms with van der Waals surface area (Å²) in [5.74, 6) is 1.25. The van der Waals surface area contributed by atoms with E-state index in [0.717, 1.165) is 44.7 Å². The second kappa shape index (κ2) is 7.58. The maximum Gasteiger partial charge on any atom is 0.220 e. The van der Waals surface area contributed by atoms with Gasteiger partial charge in [0.15, 0.2) is 0 Å². The Labute approximate surface area is 132 Å². The summed E-state index contributed by atoms with van der Waals surface area (Å²) in [6.07, 6.45) is 7.93. The van der Waals surface area contributed by atoms with Crippen LogP contribution in [-0.2, 0) is 4.79 Å². The third-order valence-corrected chi connectivity index (χ3v) is 4.72. The summed E-state index contributed by atoms with van der Waals surface area (Å²) in [7, 11) is 0. The van der Waals surface area contributed by atoms with E-state index in [1.807, 2.05) is 24.4 Å². The fourth-order valence-corrected chi connectivity index (χ4v) is 3.40. The Morgan fingerprint density at radius 1 is 1.32 bits per heavy atom. The lowest BCUT2D eigenvalue weighted by atomic mass is 10.0. The predicted molar refractivity (Wildman–Crippen MR) is 87.9 cm³/mol. The number of hydrogen-bond donors (Lipinski definition) is 2. The summed E-state index contributed by atoms with van der Waals surface area (Å²) in [5.41, 5.74) is 0. The van der Waals surface area contributed by atoms with Gasteiger partial charge in [-0.05, 0) is 50.8 Å². The molecule has 2 fully saturated rings. The molecule has 0 saturated carbocycles. The number of nitrogens with one attached hydrogen (secondary N) is 2. The van der Waals surface area contributed by atoms with Crippen LogP contribution in [0.3, 0.4) is 0 Å². The van der Waals surface area contributed by atoms with E-state index in [1.54, 1.807) is 0 Å². The number of aromatic nitrogens is 1.